The van der Waals surface area contributed by atoms with Gasteiger partial charge >= 0.3 is 0 Å². The Morgan fingerprint density at radius 1 is 1.65 bits per heavy atom. The number of nitrogens with zero attached hydrogens (tertiary/aromatic N) is 1. The van der Waals surface area contributed by atoms with Crippen LogP contribution in [0.1, 0.15) is 18.4 Å². The van der Waals surface area contributed by atoms with Gasteiger partial charge in [-0.05, 0) is 35.2 Å². The summed E-state index contributed by atoms with van der Waals surface area (Å²) in [6.45, 7) is 5.47. The van der Waals surface area contributed by atoms with Crippen molar-refractivity contribution in [1.82, 2.24) is 10.2 Å². The van der Waals surface area contributed by atoms with Gasteiger partial charge in [0, 0.05) is 19.1 Å². The fourth-order valence-electron chi connectivity index (χ4n) is 1.77. The molecule has 0 radical (unpaired) electrons. The van der Waals surface area contributed by atoms with Crippen LogP contribution in [-0.4, -0.2) is 29.9 Å². The van der Waals surface area contributed by atoms with Crippen LogP contribution in [-0.2, 0) is 11.3 Å². The first-order valence-electron chi connectivity index (χ1n) is 5.93. The van der Waals surface area contributed by atoms with E-state index in [0.717, 1.165) is 19.4 Å². The molecule has 0 bridgehead atoms. The van der Waals surface area contributed by atoms with Crippen LogP contribution in [0.2, 0.25) is 0 Å². The zero-order valence-corrected chi connectivity index (χ0v) is 10.7. The second-order valence-electron chi connectivity index (χ2n) is 4.30. The van der Waals surface area contributed by atoms with E-state index in [1.165, 1.54) is 5.56 Å². The van der Waals surface area contributed by atoms with Crippen LogP contribution >= 0.6 is 11.3 Å². The minimum atomic E-state index is 0.195. The van der Waals surface area contributed by atoms with Crippen molar-refractivity contribution in [2.24, 2.45) is 0 Å². The molecular formula is C13H18N2OS. The predicted molar refractivity (Wildman–Crippen MR) is 71.0 cm³/mol. The summed E-state index contributed by atoms with van der Waals surface area (Å²) in [6, 6.07) is 2.55. The van der Waals surface area contributed by atoms with Gasteiger partial charge < -0.3 is 10.2 Å². The van der Waals surface area contributed by atoms with Crippen molar-refractivity contribution < 1.29 is 4.79 Å². The Morgan fingerprint density at radius 2 is 2.47 bits per heavy atom. The van der Waals surface area contributed by atoms with Crippen molar-refractivity contribution in [2.45, 2.75) is 25.4 Å². The van der Waals surface area contributed by atoms with E-state index in [1.54, 1.807) is 17.4 Å². The Kier molecular flexibility index (Phi) is 4.34. The molecule has 2 rings (SSSR count). The van der Waals surface area contributed by atoms with Gasteiger partial charge in [0.1, 0.15) is 0 Å². The van der Waals surface area contributed by atoms with Crippen molar-refractivity contribution >= 4 is 17.2 Å². The highest BCUT2D eigenvalue weighted by molar-refractivity contribution is 7.07. The Labute approximate surface area is 106 Å². The molecule has 3 nitrogen and oxygen atoms in total. The van der Waals surface area contributed by atoms with Crippen LogP contribution in [0.15, 0.2) is 29.5 Å². The van der Waals surface area contributed by atoms with Crippen molar-refractivity contribution in [3.63, 3.8) is 0 Å². The Bertz CT molecular complexity index is 371. The van der Waals surface area contributed by atoms with E-state index in [4.69, 9.17) is 0 Å². The number of nitrogens with one attached hydrogen (secondary N) is 1. The number of amides is 1. The first-order valence-corrected chi connectivity index (χ1v) is 6.87. The third-order valence-electron chi connectivity index (χ3n) is 2.81. The number of carbonyl (C=O) groups is 1. The van der Waals surface area contributed by atoms with Crippen molar-refractivity contribution in [3.8, 4) is 0 Å². The van der Waals surface area contributed by atoms with Gasteiger partial charge in [-0.25, -0.2) is 0 Å². The summed E-state index contributed by atoms with van der Waals surface area (Å²) in [4.78, 5) is 14.1. The highest BCUT2D eigenvalue weighted by Crippen LogP contribution is 2.28. The third kappa shape index (κ3) is 3.68. The fraction of sp³-hybridized carbons (Fsp3) is 0.462. The molecule has 1 heterocycles. The molecule has 0 atom stereocenters. The molecule has 0 spiro atoms. The van der Waals surface area contributed by atoms with Crippen LogP contribution in [0.5, 0.6) is 0 Å². The molecule has 0 unspecified atom stereocenters. The highest BCUT2D eigenvalue weighted by Gasteiger charge is 2.32. The van der Waals surface area contributed by atoms with Crippen LogP contribution in [0, 0.1) is 0 Å². The molecule has 1 aromatic rings. The van der Waals surface area contributed by atoms with Crippen LogP contribution in [0.3, 0.4) is 0 Å². The molecular weight excluding hydrogens is 232 g/mol. The minimum Gasteiger partial charge on any atom is -0.334 e. The standard InChI is InChI=1S/C13H18N2OS/c1-2-6-14-8-13(16)15(12-3-4-12)9-11-5-7-17-10-11/h2,5,7,10,12,14H,1,3-4,6,8-9H2. The van der Waals surface area contributed by atoms with E-state index in [0.29, 0.717) is 19.1 Å². The summed E-state index contributed by atoms with van der Waals surface area (Å²) in [6.07, 6.45) is 4.07. The number of hydrogen-bond acceptors (Lipinski definition) is 3. The van der Waals surface area contributed by atoms with Gasteiger partial charge in [0.05, 0.1) is 6.54 Å². The molecule has 92 valence electrons. The smallest absolute Gasteiger partial charge is 0.237 e. The Morgan fingerprint density at radius 3 is 3.06 bits per heavy atom. The largest absolute Gasteiger partial charge is 0.334 e. The number of thiophene rings is 1. The molecule has 1 saturated carbocycles. The second-order valence-corrected chi connectivity index (χ2v) is 5.08. The van der Waals surface area contributed by atoms with E-state index in [1.807, 2.05) is 4.90 Å². The van der Waals surface area contributed by atoms with Gasteiger partial charge in [0.2, 0.25) is 5.91 Å². The normalized spacial score (nSPS) is 14.6. The van der Waals surface area contributed by atoms with Crippen molar-refractivity contribution in [1.29, 1.82) is 0 Å². The first kappa shape index (κ1) is 12.3. The maximum atomic E-state index is 12.1. The van der Waals surface area contributed by atoms with E-state index < -0.39 is 0 Å². The van der Waals surface area contributed by atoms with Gasteiger partial charge in [-0.3, -0.25) is 4.79 Å². The van der Waals surface area contributed by atoms with Crippen molar-refractivity contribution in [2.75, 3.05) is 13.1 Å². The van der Waals surface area contributed by atoms with Crippen LogP contribution in [0.4, 0.5) is 0 Å². The van der Waals surface area contributed by atoms with Crippen LogP contribution in [0.25, 0.3) is 0 Å². The predicted octanol–water partition coefficient (Wildman–Crippen LogP) is 2.01. The van der Waals surface area contributed by atoms with Gasteiger partial charge in [0.25, 0.3) is 0 Å². The summed E-state index contributed by atoms with van der Waals surface area (Å²) in [5.74, 6) is 0.195. The molecule has 4 heteroatoms. The summed E-state index contributed by atoms with van der Waals surface area (Å²) in [7, 11) is 0. The van der Waals surface area contributed by atoms with Crippen LogP contribution < -0.4 is 5.32 Å². The van der Waals surface area contributed by atoms with Gasteiger partial charge in [-0.15, -0.1) is 6.58 Å². The van der Waals surface area contributed by atoms with E-state index >= 15 is 0 Å². The molecule has 1 fully saturated rings. The molecule has 0 aliphatic heterocycles. The van der Waals surface area contributed by atoms with Gasteiger partial charge in [0.15, 0.2) is 0 Å². The SMILES string of the molecule is C=CCNCC(=O)N(Cc1ccsc1)C1CC1. The molecule has 17 heavy (non-hydrogen) atoms. The lowest BCUT2D eigenvalue weighted by molar-refractivity contribution is -0.131. The zero-order chi connectivity index (χ0) is 12.1. The first-order chi connectivity index (χ1) is 8.31. The Hall–Kier alpha value is -1.13. The lowest BCUT2D eigenvalue weighted by Gasteiger charge is -2.22. The summed E-state index contributed by atoms with van der Waals surface area (Å²) < 4.78 is 0. The molecule has 1 N–H and O–H groups in total. The second kappa shape index (κ2) is 5.98. The maximum absolute atomic E-state index is 12.1. The maximum Gasteiger partial charge on any atom is 0.237 e. The fourth-order valence-corrected chi connectivity index (χ4v) is 2.43. The quantitative estimate of drug-likeness (QED) is 0.593. The molecule has 1 aliphatic carbocycles. The van der Waals surface area contributed by atoms with E-state index in [9.17, 15) is 4.79 Å². The molecule has 1 aromatic heterocycles. The third-order valence-corrected chi connectivity index (χ3v) is 3.54. The lowest BCUT2D eigenvalue weighted by Crippen LogP contribution is -2.39. The molecule has 0 saturated heterocycles. The van der Waals surface area contributed by atoms with Crippen molar-refractivity contribution in [3.05, 3.63) is 35.0 Å². The average molecular weight is 250 g/mol. The molecule has 1 amide bonds. The highest BCUT2D eigenvalue weighted by atomic mass is 32.1. The lowest BCUT2D eigenvalue weighted by atomic mass is 10.3. The number of hydrogen-bond donors (Lipinski definition) is 1. The summed E-state index contributed by atoms with van der Waals surface area (Å²) in [5, 5.41) is 7.24. The Balaban J connectivity index is 1.87. The van der Waals surface area contributed by atoms with Gasteiger partial charge in [-0.2, -0.15) is 11.3 Å². The summed E-state index contributed by atoms with van der Waals surface area (Å²) >= 11 is 1.68. The minimum absolute atomic E-state index is 0.195. The van der Waals surface area contributed by atoms with E-state index in [2.05, 4.69) is 28.7 Å². The summed E-state index contributed by atoms with van der Waals surface area (Å²) in [5.41, 5.74) is 1.24. The van der Waals surface area contributed by atoms with Gasteiger partial charge in [-0.1, -0.05) is 6.08 Å². The molecule has 1 aliphatic rings. The average Bonchev–Trinajstić information content (AvgIpc) is 3.03. The number of rotatable bonds is 7. The topological polar surface area (TPSA) is 32.3 Å². The molecule has 0 aromatic carbocycles. The monoisotopic (exact) mass is 250 g/mol. The van der Waals surface area contributed by atoms with E-state index in [-0.39, 0.29) is 5.91 Å². The number of carbonyl (C=O) groups excluding carboxylic acids is 1. The zero-order valence-electron chi connectivity index (χ0n) is 9.89.